The molecule has 8 nitrogen and oxygen atoms in total. The van der Waals surface area contributed by atoms with E-state index in [0.29, 0.717) is 24.6 Å². The molecule has 0 aliphatic carbocycles. The van der Waals surface area contributed by atoms with Gasteiger partial charge in [0.15, 0.2) is 5.82 Å². The van der Waals surface area contributed by atoms with Gasteiger partial charge in [0.1, 0.15) is 0 Å². The van der Waals surface area contributed by atoms with E-state index in [-0.39, 0.29) is 10.5 Å². The molecule has 1 aliphatic rings. The predicted molar refractivity (Wildman–Crippen MR) is 108 cm³/mol. The number of carbonyl (C=O) groups is 1. The molecule has 1 aromatic carbocycles. The van der Waals surface area contributed by atoms with Crippen LogP contribution in [0.3, 0.4) is 0 Å². The number of carbonyl (C=O) groups excluding carboxylic acids is 1. The van der Waals surface area contributed by atoms with Crippen LogP contribution in [-0.4, -0.2) is 46.5 Å². The first kappa shape index (κ1) is 19.3. The molecule has 1 fully saturated rings. The van der Waals surface area contributed by atoms with E-state index in [1.165, 1.54) is 16.4 Å². The Labute approximate surface area is 169 Å². The Bertz CT molecular complexity index is 1110. The molecule has 0 saturated carbocycles. The summed E-state index contributed by atoms with van der Waals surface area (Å²) in [4.78, 5) is 17.2. The maximum absolute atomic E-state index is 12.9. The standard InChI is InChI=1S/C20H21N5O3S/c26-20(23-18-9-5-10-21-19(18)25-14-6-11-22-25)16-7-4-8-17(15-16)29(27,28)24-12-2-1-3-13-24/h4-11,14-15H,1-3,12-13H2,(H,23,26). The van der Waals surface area contributed by atoms with Crippen molar-refractivity contribution >= 4 is 21.6 Å². The lowest BCUT2D eigenvalue weighted by molar-refractivity contribution is 0.102. The number of rotatable bonds is 5. The fraction of sp³-hybridized carbons (Fsp3) is 0.250. The van der Waals surface area contributed by atoms with E-state index in [1.807, 2.05) is 0 Å². The monoisotopic (exact) mass is 411 g/mol. The van der Waals surface area contributed by atoms with E-state index < -0.39 is 15.9 Å². The molecule has 0 bridgehead atoms. The fourth-order valence-electron chi connectivity index (χ4n) is 3.32. The maximum atomic E-state index is 12.9. The molecule has 0 atom stereocenters. The first-order valence-corrected chi connectivity index (χ1v) is 10.9. The first-order chi connectivity index (χ1) is 14.1. The molecule has 0 spiro atoms. The van der Waals surface area contributed by atoms with Crippen LogP contribution in [0.25, 0.3) is 5.82 Å². The second kappa shape index (κ2) is 8.14. The minimum Gasteiger partial charge on any atom is -0.319 e. The second-order valence-corrected chi connectivity index (χ2v) is 8.71. The molecule has 0 radical (unpaired) electrons. The number of hydrogen-bond donors (Lipinski definition) is 1. The van der Waals surface area contributed by atoms with Gasteiger partial charge in [0.05, 0.1) is 10.6 Å². The molecule has 2 aromatic heterocycles. The Morgan fingerprint density at radius 2 is 1.83 bits per heavy atom. The summed E-state index contributed by atoms with van der Waals surface area (Å²) in [7, 11) is -3.61. The highest BCUT2D eigenvalue weighted by Gasteiger charge is 2.26. The van der Waals surface area contributed by atoms with Gasteiger partial charge in [-0.25, -0.2) is 18.1 Å². The van der Waals surface area contributed by atoms with Gasteiger partial charge in [-0.2, -0.15) is 9.40 Å². The lowest BCUT2D eigenvalue weighted by Gasteiger charge is -2.26. The summed E-state index contributed by atoms with van der Waals surface area (Å²) in [6.07, 6.45) is 7.71. The molecule has 4 rings (SSSR count). The van der Waals surface area contributed by atoms with Gasteiger partial charge in [-0.05, 0) is 49.2 Å². The number of amides is 1. The van der Waals surface area contributed by atoms with E-state index in [9.17, 15) is 13.2 Å². The van der Waals surface area contributed by atoms with Crippen LogP contribution in [0.2, 0.25) is 0 Å². The summed E-state index contributed by atoms with van der Waals surface area (Å²) in [6.45, 7) is 1.03. The number of piperidine rings is 1. The maximum Gasteiger partial charge on any atom is 0.255 e. The number of benzene rings is 1. The summed E-state index contributed by atoms with van der Waals surface area (Å²) in [5.41, 5.74) is 0.740. The Kier molecular flexibility index (Phi) is 5.41. The lowest BCUT2D eigenvalue weighted by Crippen LogP contribution is -2.35. The predicted octanol–water partition coefficient (Wildman–Crippen LogP) is 2.69. The SMILES string of the molecule is O=C(Nc1cccnc1-n1cccn1)c1cccc(S(=O)(=O)N2CCCCC2)c1. The normalized spacial score (nSPS) is 15.2. The van der Waals surface area contributed by atoms with Gasteiger partial charge in [0, 0.05) is 37.2 Å². The van der Waals surface area contributed by atoms with E-state index in [1.54, 1.807) is 53.6 Å². The number of pyridine rings is 1. The number of nitrogens with one attached hydrogen (secondary N) is 1. The van der Waals surface area contributed by atoms with Crippen LogP contribution in [0.15, 0.2) is 66.0 Å². The van der Waals surface area contributed by atoms with Crippen molar-refractivity contribution in [2.45, 2.75) is 24.2 Å². The molecule has 3 aromatic rings. The van der Waals surface area contributed by atoms with Crippen molar-refractivity contribution in [2.75, 3.05) is 18.4 Å². The molecule has 3 heterocycles. The molecular weight excluding hydrogens is 390 g/mol. The third kappa shape index (κ3) is 4.06. The molecule has 29 heavy (non-hydrogen) atoms. The van der Waals surface area contributed by atoms with E-state index in [4.69, 9.17) is 0 Å². The minimum absolute atomic E-state index is 0.130. The van der Waals surface area contributed by atoms with Crippen LogP contribution in [0.4, 0.5) is 5.69 Å². The smallest absolute Gasteiger partial charge is 0.255 e. The Balaban J connectivity index is 1.59. The van der Waals surface area contributed by atoms with Gasteiger partial charge < -0.3 is 5.32 Å². The number of aromatic nitrogens is 3. The largest absolute Gasteiger partial charge is 0.319 e. The van der Waals surface area contributed by atoms with Crippen LogP contribution < -0.4 is 5.32 Å². The minimum atomic E-state index is -3.61. The summed E-state index contributed by atoms with van der Waals surface area (Å²) >= 11 is 0. The van der Waals surface area contributed by atoms with Crippen molar-refractivity contribution in [2.24, 2.45) is 0 Å². The first-order valence-electron chi connectivity index (χ1n) is 9.42. The van der Waals surface area contributed by atoms with Gasteiger partial charge in [-0.1, -0.05) is 12.5 Å². The van der Waals surface area contributed by atoms with Gasteiger partial charge in [0.2, 0.25) is 10.0 Å². The molecule has 1 aliphatic heterocycles. The Morgan fingerprint density at radius 1 is 1.00 bits per heavy atom. The van der Waals surface area contributed by atoms with Crippen LogP contribution in [0.5, 0.6) is 0 Å². The zero-order valence-corrected chi connectivity index (χ0v) is 16.5. The van der Waals surface area contributed by atoms with Gasteiger partial charge in [0.25, 0.3) is 5.91 Å². The zero-order valence-electron chi connectivity index (χ0n) is 15.7. The zero-order chi connectivity index (χ0) is 20.3. The third-order valence-electron chi connectivity index (χ3n) is 4.81. The van der Waals surface area contributed by atoms with Crippen LogP contribution >= 0.6 is 0 Å². The van der Waals surface area contributed by atoms with Crippen molar-refractivity contribution < 1.29 is 13.2 Å². The highest BCUT2D eigenvalue weighted by Crippen LogP contribution is 2.22. The molecule has 9 heteroatoms. The van der Waals surface area contributed by atoms with Crippen LogP contribution in [-0.2, 0) is 10.0 Å². The molecule has 1 N–H and O–H groups in total. The fourth-order valence-corrected chi connectivity index (χ4v) is 4.88. The van der Waals surface area contributed by atoms with Gasteiger partial charge in [-0.3, -0.25) is 4.79 Å². The average molecular weight is 411 g/mol. The Hall–Kier alpha value is -3.04. The average Bonchev–Trinajstić information content (AvgIpc) is 3.29. The Morgan fingerprint density at radius 3 is 2.59 bits per heavy atom. The highest BCUT2D eigenvalue weighted by atomic mass is 32.2. The van der Waals surface area contributed by atoms with Crippen molar-refractivity contribution in [1.82, 2.24) is 19.1 Å². The highest BCUT2D eigenvalue weighted by molar-refractivity contribution is 7.89. The van der Waals surface area contributed by atoms with E-state index in [0.717, 1.165) is 19.3 Å². The number of nitrogens with zero attached hydrogens (tertiary/aromatic N) is 4. The number of sulfonamides is 1. The third-order valence-corrected chi connectivity index (χ3v) is 6.70. The summed E-state index contributed by atoms with van der Waals surface area (Å²) in [5.74, 6) is 0.0602. The number of anilines is 1. The van der Waals surface area contributed by atoms with Crippen LogP contribution in [0, 0.1) is 0 Å². The topological polar surface area (TPSA) is 97.2 Å². The quantitative estimate of drug-likeness (QED) is 0.696. The van der Waals surface area contributed by atoms with Crippen LogP contribution in [0.1, 0.15) is 29.6 Å². The number of hydrogen-bond acceptors (Lipinski definition) is 5. The van der Waals surface area contributed by atoms with E-state index in [2.05, 4.69) is 15.4 Å². The van der Waals surface area contributed by atoms with Gasteiger partial charge >= 0.3 is 0 Å². The van der Waals surface area contributed by atoms with E-state index >= 15 is 0 Å². The molecular formula is C20H21N5O3S. The summed E-state index contributed by atoms with van der Waals surface area (Å²) in [6, 6.07) is 11.3. The summed E-state index contributed by atoms with van der Waals surface area (Å²) < 4.78 is 28.8. The molecule has 1 amide bonds. The molecule has 150 valence electrons. The van der Waals surface area contributed by atoms with Crippen molar-refractivity contribution in [1.29, 1.82) is 0 Å². The second-order valence-electron chi connectivity index (χ2n) is 6.77. The van der Waals surface area contributed by atoms with Crippen molar-refractivity contribution in [3.05, 3.63) is 66.6 Å². The summed E-state index contributed by atoms with van der Waals surface area (Å²) in [5, 5.41) is 6.95. The van der Waals surface area contributed by atoms with Crippen molar-refractivity contribution in [3.8, 4) is 5.82 Å². The van der Waals surface area contributed by atoms with Gasteiger partial charge in [-0.15, -0.1) is 0 Å². The lowest BCUT2D eigenvalue weighted by atomic mass is 10.2. The molecule has 1 saturated heterocycles. The van der Waals surface area contributed by atoms with Crippen molar-refractivity contribution in [3.63, 3.8) is 0 Å². The molecule has 0 unspecified atom stereocenters.